The molecule has 2 aromatic heterocycles. The lowest BCUT2D eigenvalue weighted by Crippen LogP contribution is -2.27. The number of carbonyl (C=O) groups excluding carboxylic acids is 1. The molecule has 1 aliphatic carbocycles. The highest BCUT2D eigenvalue weighted by atomic mass is 32.2. The van der Waals surface area contributed by atoms with E-state index in [9.17, 15) is 9.59 Å². The Morgan fingerprint density at radius 1 is 1.13 bits per heavy atom. The lowest BCUT2D eigenvalue weighted by atomic mass is 10.2. The summed E-state index contributed by atoms with van der Waals surface area (Å²) in [5.41, 5.74) is 1.99. The van der Waals surface area contributed by atoms with E-state index in [1.54, 1.807) is 27.7 Å². The Labute approximate surface area is 189 Å². The van der Waals surface area contributed by atoms with Crippen molar-refractivity contribution in [2.75, 3.05) is 25.4 Å². The highest BCUT2D eigenvalue weighted by molar-refractivity contribution is 7.99. The molecule has 1 amide bonds. The van der Waals surface area contributed by atoms with Crippen LogP contribution in [-0.2, 0) is 17.6 Å². The Morgan fingerprint density at radius 2 is 1.97 bits per heavy atom. The third-order valence-electron chi connectivity index (χ3n) is 5.88. The highest BCUT2D eigenvalue weighted by Gasteiger charge is 2.24. The highest BCUT2D eigenvalue weighted by Crippen LogP contribution is 2.36. The first-order chi connectivity index (χ1) is 15.2. The molecule has 1 aliphatic heterocycles. The number of hydrogen-bond acceptors (Lipinski definition) is 6. The normalized spacial score (nSPS) is 15.8. The van der Waals surface area contributed by atoms with Crippen molar-refractivity contribution < 1.29 is 9.53 Å². The van der Waals surface area contributed by atoms with Crippen molar-refractivity contribution in [3.05, 3.63) is 45.1 Å². The average molecular weight is 456 g/mol. The first-order valence-corrected chi connectivity index (χ1v) is 12.7. The Balaban J connectivity index is 1.53. The van der Waals surface area contributed by atoms with Crippen molar-refractivity contribution >= 4 is 39.2 Å². The van der Waals surface area contributed by atoms with Gasteiger partial charge < -0.3 is 9.64 Å². The van der Waals surface area contributed by atoms with E-state index in [0.717, 1.165) is 53.9 Å². The summed E-state index contributed by atoms with van der Waals surface area (Å²) < 4.78 is 7.30. The number of likely N-dealkylation sites (tertiary alicyclic amines) is 1. The van der Waals surface area contributed by atoms with E-state index in [4.69, 9.17) is 9.72 Å². The minimum Gasteiger partial charge on any atom is -0.494 e. The van der Waals surface area contributed by atoms with Gasteiger partial charge in [0.2, 0.25) is 5.91 Å². The second-order valence-corrected chi connectivity index (χ2v) is 9.98. The fraction of sp³-hybridized carbons (Fsp3) is 0.435. The molecule has 0 atom stereocenters. The third-order valence-corrected chi connectivity index (χ3v) is 7.98. The molecule has 31 heavy (non-hydrogen) atoms. The van der Waals surface area contributed by atoms with E-state index in [2.05, 4.69) is 0 Å². The van der Waals surface area contributed by atoms with Crippen LogP contribution < -0.4 is 10.3 Å². The summed E-state index contributed by atoms with van der Waals surface area (Å²) in [5.74, 6) is 1.72. The number of fused-ring (bicyclic) bond motifs is 3. The molecule has 5 rings (SSSR count). The Bertz CT molecular complexity index is 1180. The molecule has 162 valence electrons. The van der Waals surface area contributed by atoms with Gasteiger partial charge in [-0.1, -0.05) is 11.8 Å². The van der Waals surface area contributed by atoms with E-state index in [1.807, 2.05) is 36.1 Å². The number of thioether (sulfide) groups is 1. The van der Waals surface area contributed by atoms with Crippen molar-refractivity contribution in [2.45, 2.75) is 44.2 Å². The van der Waals surface area contributed by atoms with Crippen molar-refractivity contribution in [1.29, 1.82) is 0 Å². The number of aromatic nitrogens is 2. The molecule has 0 unspecified atom stereocenters. The number of aryl methyl sites for hydroxylation is 2. The predicted molar refractivity (Wildman–Crippen MR) is 125 cm³/mol. The molecule has 8 heteroatoms. The molecule has 0 N–H and O–H groups in total. The summed E-state index contributed by atoms with van der Waals surface area (Å²) in [6, 6.07) is 7.62. The third kappa shape index (κ3) is 3.87. The van der Waals surface area contributed by atoms with E-state index >= 15 is 0 Å². The molecule has 6 nitrogen and oxygen atoms in total. The van der Waals surface area contributed by atoms with Crippen molar-refractivity contribution in [3.63, 3.8) is 0 Å². The second kappa shape index (κ2) is 8.67. The van der Waals surface area contributed by atoms with Crippen LogP contribution in [0.25, 0.3) is 15.9 Å². The summed E-state index contributed by atoms with van der Waals surface area (Å²) >= 11 is 3.21. The number of thiophene rings is 1. The number of hydrogen-bond donors (Lipinski definition) is 0. The fourth-order valence-corrected chi connectivity index (χ4v) is 6.67. The molecule has 0 saturated carbocycles. The average Bonchev–Trinajstić information content (AvgIpc) is 3.46. The molecule has 2 aliphatic rings. The van der Waals surface area contributed by atoms with Crippen LogP contribution in [0.4, 0.5) is 0 Å². The van der Waals surface area contributed by atoms with Gasteiger partial charge in [0.25, 0.3) is 5.56 Å². The number of rotatable bonds is 7. The molecular formula is C23H25N3O3S2. The van der Waals surface area contributed by atoms with E-state index in [-0.39, 0.29) is 11.5 Å². The van der Waals surface area contributed by atoms with Gasteiger partial charge in [-0.25, -0.2) is 4.98 Å². The second-order valence-electron chi connectivity index (χ2n) is 7.83. The molecule has 1 aromatic carbocycles. The zero-order valence-electron chi connectivity index (χ0n) is 17.6. The minimum atomic E-state index is 0.00769. The number of nitrogens with zero attached hydrogens (tertiary/aromatic N) is 3. The van der Waals surface area contributed by atoms with E-state index in [1.165, 1.54) is 10.4 Å². The fourth-order valence-electron chi connectivity index (χ4n) is 4.39. The Kier molecular flexibility index (Phi) is 5.75. The van der Waals surface area contributed by atoms with Crippen molar-refractivity contribution in [3.8, 4) is 11.4 Å². The standard InChI is InChI=1S/C23H25N3O3S2/c1-2-29-16-10-8-15(9-11-16)26-22(28)20-17-5-3-6-18(17)31-21(20)24-23(26)30-14-13-25-12-4-7-19(25)27/h8-11H,2-7,12-14H2,1H3. The smallest absolute Gasteiger partial charge is 0.267 e. The van der Waals surface area contributed by atoms with Gasteiger partial charge in [0.1, 0.15) is 10.6 Å². The van der Waals surface area contributed by atoms with Crippen LogP contribution >= 0.6 is 23.1 Å². The molecule has 3 aromatic rings. The predicted octanol–water partition coefficient (Wildman–Crippen LogP) is 4.05. The molecule has 1 fully saturated rings. The Morgan fingerprint density at radius 3 is 2.71 bits per heavy atom. The van der Waals surface area contributed by atoms with Gasteiger partial charge in [-0.05, 0) is 62.4 Å². The number of ether oxygens (including phenoxy) is 1. The summed E-state index contributed by atoms with van der Waals surface area (Å²) in [5, 5.41) is 1.47. The maximum atomic E-state index is 13.7. The van der Waals surface area contributed by atoms with Crippen LogP contribution in [0, 0.1) is 0 Å². The van der Waals surface area contributed by atoms with Gasteiger partial charge >= 0.3 is 0 Å². The van der Waals surface area contributed by atoms with Gasteiger partial charge in [-0.2, -0.15) is 0 Å². The van der Waals surface area contributed by atoms with Gasteiger partial charge in [0.05, 0.1) is 17.7 Å². The molecular weight excluding hydrogens is 430 g/mol. The van der Waals surface area contributed by atoms with Crippen LogP contribution in [0.3, 0.4) is 0 Å². The van der Waals surface area contributed by atoms with Crippen LogP contribution in [0.5, 0.6) is 5.75 Å². The largest absolute Gasteiger partial charge is 0.494 e. The molecule has 1 saturated heterocycles. The zero-order chi connectivity index (χ0) is 21.4. The summed E-state index contributed by atoms with van der Waals surface area (Å²) in [6.45, 7) is 4.06. The van der Waals surface area contributed by atoms with Crippen LogP contribution in [0.2, 0.25) is 0 Å². The van der Waals surface area contributed by atoms with Crippen LogP contribution in [0.1, 0.15) is 36.6 Å². The van der Waals surface area contributed by atoms with Crippen molar-refractivity contribution in [2.24, 2.45) is 0 Å². The van der Waals surface area contributed by atoms with Gasteiger partial charge in [-0.15, -0.1) is 11.3 Å². The minimum absolute atomic E-state index is 0.00769. The Hall–Kier alpha value is -2.32. The van der Waals surface area contributed by atoms with E-state index in [0.29, 0.717) is 30.5 Å². The SMILES string of the molecule is CCOc1ccc(-n2c(SCCN3CCCC3=O)nc3sc4c(c3c2=O)CCC4)cc1. The van der Waals surface area contributed by atoms with Gasteiger partial charge in [0, 0.05) is 30.1 Å². The first-order valence-electron chi connectivity index (χ1n) is 10.9. The molecule has 0 radical (unpaired) electrons. The number of carbonyl (C=O) groups is 1. The van der Waals surface area contributed by atoms with Crippen molar-refractivity contribution in [1.82, 2.24) is 14.5 Å². The van der Waals surface area contributed by atoms with Crippen LogP contribution in [0.15, 0.2) is 34.2 Å². The van der Waals surface area contributed by atoms with Gasteiger partial charge in [-0.3, -0.25) is 14.2 Å². The number of benzene rings is 1. The first kappa shape index (κ1) is 20.6. The van der Waals surface area contributed by atoms with Gasteiger partial charge in [0.15, 0.2) is 5.16 Å². The lowest BCUT2D eigenvalue weighted by molar-refractivity contribution is -0.127. The maximum absolute atomic E-state index is 13.7. The lowest BCUT2D eigenvalue weighted by Gasteiger charge is -2.16. The quantitative estimate of drug-likeness (QED) is 0.397. The molecule has 0 spiro atoms. The maximum Gasteiger partial charge on any atom is 0.267 e. The molecule has 3 heterocycles. The summed E-state index contributed by atoms with van der Waals surface area (Å²) in [6.07, 6.45) is 4.69. The molecule has 0 bridgehead atoms. The monoisotopic (exact) mass is 455 g/mol. The zero-order valence-corrected chi connectivity index (χ0v) is 19.2. The summed E-state index contributed by atoms with van der Waals surface area (Å²) in [7, 11) is 0. The topological polar surface area (TPSA) is 64.4 Å². The summed E-state index contributed by atoms with van der Waals surface area (Å²) in [4.78, 5) is 34.6. The van der Waals surface area contributed by atoms with Crippen LogP contribution in [-0.4, -0.2) is 45.8 Å². The number of amides is 1. The van der Waals surface area contributed by atoms with E-state index < -0.39 is 0 Å².